The molecule has 1 aliphatic rings. The van der Waals surface area contributed by atoms with Gasteiger partial charge in [0.1, 0.15) is 11.6 Å². The van der Waals surface area contributed by atoms with E-state index in [1.165, 1.54) is 17.8 Å². The number of hydrogen-bond acceptors (Lipinski definition) is 8. The number of hydrogen-bond donors (Lipinski definition) is 2. The van der Waals surface area contributed by atoms with Gasteiger partial charge >= 0.3 is 0 Å². The summed E-state index contributed by atoms with van der Waals surface area (Å²) in [5, 5.41) is 12.5. The third-order valence-electron chi connectivity index (χ3n) is 5.03. The highest BCUT2D eigenvalue weighted by molar-refractivity contribution is 7.98. The standard InChI is InChI=1S/C22H21FN8S/c1-13-6-8-14(9-7-13)25-21-27-18(26-20(24)28-21)12-32-22-30-29-19(31(22)15-10-11-15)16-4-2-3-5-17(16)23/h2-9,15H,10-12H2,1H3,(H3,24,25,26,27,28). The van der Waals surface area contributed by atoms with E-state index < -0.39 is 0 Å². The number of nitrogen functional groups attached to an aromatic ring is 1. The number of benzene rings is 2. The number of anilines is 3. The molecule has 0 bridgehead atoms. The molecule has 3 N–H and O–H groups in total. The van der Waals surface area contributed by atoms with Gasteiger partial charge in [-0.15, -0.1) is 10.2 Å². The van der Waals surface area contributed by atoms with E-state index in [9.17, 15) is 4.39 Å². The highest BCUT2D eigenvalue weighted by Gasteiger charge is 2.31. The average molecular weight is 449 g/mol. The van der Waals surface area contributed by atoms with E-state index in [0.29, 0.717) is 34.1 Å². The van der Waals surface area contributed by atoms with E-state index in [2.05, 4.69) is 30.5 Å². The second-order valence-electron chi connectivity index (χ2n) is 7.60. The lowest BCUT2D eigenvalue weighted by Crippen LogP contribution is -2.07. The van der Waals surface area contributed by atoms with Gasteiger partial charge in [-0.05, 0) is 44.0 Å². The number of rotatable bonds is 7. The Morgan fingerprint density at radius 1 is 1.06 bits per heavy atom. The molecular weight excluding hydrogens is 427 g/mol. The molecule has 0 amide bonds. The van der Waals surface area contributed by atoms with Crippen molar-refractivity contribution in [3.8, 4) is 11.4 Å². The summed E-state index contributed by atoms with van der Waals surface area (Å²) in [6, 6.07) is 14.8. The van der Waals surface area contributed by atoms with Crippen molar-refractivity contribution in [1.82, 2.24) is 29.7 Å². The van der Waals surface area contributed by atoms with Crippen LogP contribution in [-0.2, 0) is 5.75 Å². The van der Waals surface area contributed by atoms with Crippen molar-refractivity contribution in [3.63, 3.8) is 0 Å². The van der Waals surface area contributed by atoms with Crippen molar-refractivity contribution in [2.24, 2.45) is 0 Å². The molecule has 8 nitrogen and oxygen atoms in total. The first-order chi connectivity index (χ1) is 15.6. The number of nitrogens with zero attached hydrogens (tertiary/aromatic N) is 6. The summed E-state index contributed by atoms with van der Waals surface area (Å²) in [5.41, 5.74) is 8.38. The van der Waals surface area contributed by atoms with Crippen molar-refractivity contribution in [2.75, 3.05) is 11.1 Å². The summed E-state index contributed by atoms with van der Waals surface area (Å²) in [6.07, 6.45) is 2.05. The van der Waals surface area contributed by atoms with Gasteiger partial charge in [-0.3, -0.25) is 4.57 Å². The third-order valence-corrected chi connectivity index (χ3v) is 5.97. The Bertz CT molecular complexity index is 1250. The van der Waals surface area contributed by atoms with Crippen LogP contribution in [0.3, 0.4) is 0 Å². The van der Waals surface area contributed by atoms with Gasteiger partial charge in [-0.25, -0.2) is 4.39 Å². The van der Waals surface area contributed by atoms with Gasteiger partial charge in [0.15, 0.2) is 11.0 Å². The molecule has 0 saturated heterocycles. The van der Waals surface area contributed by atoms with Crippen molar-refractivity contribution >= 4 is 29.3 Å². The second kappa shape index (κ2) is 8.54. The fourth-order valence-electron chi connectivity index (χ4n) is 3.32. The van der Waals surface area contributed by atoms with Crippen LogP contribution in [0.2, 0.25) is 0 Å². The van der Waals surface area contributed by atoms with E-state index in [1.807, 2.05) is 35.8 Å². The normalized spacial score (nSPS) is 13.3. The molecular formula is C22H21FN8S. The molecule has 32 heavy (non-hydrogen) atoms. The Labute approximate surface area is 188 Å². The largest absolute Gasteiger partial charge is 0.368 e. The zero-order valence-corrected chi connectivity index (χ0v) is 18.2. The predicted molar refractivity (Wildman–Crippen MR) is 122 cm³/mol. The van der Waals surface area contributed by atoms with Gasteiger partial charge in [0.25, 0.3) is 0 Å². The number of halogens is 1. The average Bonchev–Trinajstić information content (AvgIpc) is 3.53. The summed E-state index contributed by atoms with van der Waals surface area (Å²) in [6.45, 7) is 2.03. The Kier molecular flexibility index (Phi) is 5.44. The summed E-state index contributed by atoms with van der Waals surface area (Å²) in [4.78, 5) is 12.9. The van der Waals surface area contributed by atoms with E-state index >= 15 is 0 Å². The molecule has 1 fully saturated rings. The number of aromatic nitrogens is 6. The maximum absolute atomic E-state index is 14.4. The summed E-state index contributed by atoms with van der Waals surface area (Å²) < 4.78 is 16.4. The minimum atomic E-state index is -0.310. The minimum absolute atomic E-state index is 0.140. The number of nitrogens with two attached hydrogens (primary N) is 1. The first-order valence-corrected chi connectivity index (χ1v) is 11.2. The van der Waals surface area contributed by atoms with Gasteiger partial charge in [-0.1, -0.05) is 41.6 Å². The molecule has 2 aromatic carbocycles. The van der Waals surface area contributed by atoms with Gasteiger partial charge in [0, 0.05) is 11.7 Å². The highest BCUT2D eigenvalue weighted by Crippen LogP contribution is 2.41. The molecule has 4 aromatic rings. The molecule has 5 rings (SSSR count). The van der Waals surface area contributed by atoms with Crippen molar-refractivity contribution in [2.45, 2.75) is 36.7 Å². The lowest BCUT2D eigenvalue weighted by molar-refractivity contribution is 0.622. The minimum Gasteiger partial charge on any atom is -0.368 e. The molecule has 10 heteroatoms. The monoisotopic (exact) mass is 448 g/mol. The van der Waals surface area contributed by atoms with Crippen LogP contribution in [0.1, 0.15) is 30.3 Å². The molecule has 1 saturated carbocycles. The summed E-state index contributed by atoms with van der Waals surface area (Å²) in [5.74, 6) is 1.71. The van der Waals surface area contributed by atoms with Gasteiger partial charge in [0.2, 0.25) is 11.9 Å². The molecule has 0 atom stereocenters. The van der Waals surface area contributed by atoms with E-state index in [4.69, 9.17) is 5.73 Å². The lowest BCUT2D eigenvalue weighted by atomic mass is 10.2. The van der Waals surface area contributed by atoms with Gasteiger partial charge in [-0.2, -0.15) is 15.0 Å². The number of thioether (sulfide) groups is 1. The maximum atomic E-state index is 14.4. The van der Waals surface area contributed by atoms with Crippen LogP contribution in [0.15, 0.2) is 53.7 Å². The molecule has 0 aliphatic heterocycles. The fraction of sp³-hybridized carbons (Fsp3) is 0.227. The lowest BCUT2D eigenvalue weighted by Gasteiger charge is -2.10. The molecule has 1 aliphatic carbocycles. The van der Waals surface area contributed by atoms with Gasteiger partial charge < -0.3 is 11.1 Å². The smallest absolute Gasteiger partial charge is 0.232 e. The van der Waals surface area contributed by atoms with Crippen molar-refractivity contribution < 1.29 is 4.39 Å². The molecule has 2 heterocycles. The van der Waals surface area contributed by atoms with Crippen molar-refractivity contribution in [3.05, 3.63) is 65.7 Å². The maximum Gasteiger partial charge on any atom is 0.232 e. The SMILES string of the molecule is Cc1ccc(Nc2nc(N)nc(CSc3nnc(-c4ccccc4F)n3C3CC3)n2)cc1. The first-order valence-electron chi connectivity index (χ1n) is 10.2. The topological polar surface area (TPSA) is 107 Å². The van der Waals surface area contributed by atoms with E-state index in [-0.39, 0.29) is 17.8 Å². The fourth-order valence-corrected chi connectivity index (χ4v) is 4.18. The quantitative estimate of drug-likeness (QED) is 0.397. The Morgan fingerprint density at radius 3 is 2.59 bits per heavy atom. The summed E-state index contributed by atoms with van der Waals surface area (Å²) >= 11 is 1.45. The van der Waals surface area contributed by atoms with Crippen LogP contribution < -0.4 is 11.1 Å². The third kappa shape index (κ3) is 4.40. The van der Waals surface area contributed by atoms with E-state index in [0.717, 1.165) is 24.1 Å². The number of nitrogens with one attached hydrogen (secondary N) is 1. The van der Waals surface area contributed by atoms with Crippen LogP contribution in [0.25, 0.3) is 11.4 Å². The Morgan fingerprint density at radius 2 is 1.84 bits per heavy atom. The zero-order chi connectivity index (χ0) is 22.1. The molecule has 162 valence electrons. The van der Waals surface area contributed by atoms with Crippen LogP contribution >= 0.6 is 11.8 Å². The molecule has 0 spiro atoms. The molecule has 0 radical (unpaired) electrons. The number of aryl methyl sites for hydroxylation is 1. The molecule has 0 unspecified atom stereocenters. The summed E-state index contributed by atoms with van der Waals surface area (Å²) in [7, 11) is 0. The Hall–Kier alpha value is -3.53. The van der Waals surface area contributed by atoms with Crippen LogP contribution in [0.5, 0.6) is 0 Å². The second-order valence-corrected chi connectivity index (χ2v) is 8.54. The van der Waals surface area contributed by atoms with Crippen LogP contribution in [0, 0.1) is 12.7 Å². The highest BCUT2D eigenvalue weighted by atomic mass is 32.2. The van der Waals surface area contributed by atoms with Crippen LogP contribution in [0.4, 0.5) is 22.0 Å². The van der Waals surface area contributed by atoms with Crippen LogP contribution in [-0.4, -0.2) is 29.7 Å². The predicted octanol–water partition coefficient (Wildman–Crippen LogP) is 4.53. The zero-order valence-electron chi connectivity index (χ0n) is 17.4. The Balaban J connectivity index is 1.36. The van der Waals surface area contributed by atoms with E-state index in [1.54, 1.807) is 18.2 Å². The van der Waals surface area contributed by atoms with Crippen molar-refractivity contribution in [1.29, 1.82) is 0 Å². The first kappa shape index (κ1) is 20.4. The molecule has 2 aromatic heterocycles. The van der Waals surface area contributed by atoms with Gasteiger partial charge in [0.05, 0.1) is 11.3 Å².